The van der Waals surface area contributed by atoms with Gasteiger partial charge in [0.15, 0.2) is 0 Å². The van der Waals surface area contributed by atoms with E-state index >= 15 is 0 Å². The van der Waals surface area contributed by atoms with Crippen molar-refractivity contribution in [2.24, 2.45) is 0 Å². The molecule has 1 heterocycles. The second kappa shape index (κ2) is 6.28. The van der Waals surface area contributed by atoms with Gasteiger partial charge in [0.25, 0.3) is 0 Å². The van der Waals surface area contributed by atoms with E-state index in [-0.39, 0.29) is 5.25 Å². The van der Waals surface area contributed by atoms with Gasteiger partial charge in [-0.1, -0.05) is 25.5 Å². The van der Waals surface area contributed by atoms with Gasteiger partial charge in [-0.05, 0) is 27.2 Å². The monoisotopic (exact) mass is 233 g/mol. The molecule has 0 radical (unpaired) electrons. The maximum Gasteiger partial charge on any atom is 0.216 e. The Morgan fingerprint density at radius 2 is 1.87 bits per heavy atom. The molecule has 0 saturated carbocycles. The summed E-state index contributed by atoms with van der Waals surface area (Å²) >= 11 is 0. The molecule has 0 aromatic rings. The molecule has 1 aliphatic rings. The standard InChI is InChI=1S/C9H17NO2S.C2H6/c1-8(2)13(11,12)10-6-4-9(3)5-7-10;1-2/h4,8H,5-7H2,1-3H3;1-2H3. The summed E-state index contributed by atoms with van der Waals surface area (Å²) in [6.45, 7) is 10.7. The maximum absolute atomic E-state index is 11.7. The Morgan fingerprint density at radius 1 is 1.33 bits per heavy atom. The minimum atomic E-state index is -3.03. The van der Waals surface area contributed by atoms with E-state index in [2.05, 4.69) is 0 Å². The fourth-order valence-electron chi connectivity index (χ4n) is 1.28. The lowest BCUT2D eigenvalue weighted by Crippen LogP contribution is -2.38. The van der Waals surface area contributed by atoms with Gasteiger partial charge in [0.2, 0.25) is 10.0 Å². The fourth-order valence-corrected chi connectivity index (χ4v) is 2.51. The highest BCUT2D eigenvalue weighted by Crippen LogP contribution is 2.16. The lowest BCUT2D eigenvalue weighted by Gasteiger charge is -2.26. The average molecular weight is 233 g/mol. The normalized spacial score (nSPS) is 18.1. The van der Waals surface area contributed by atoms with Crippen molar-refractivity contribution in [3.8, 4) is 0 Å². The largest absolute Gasteiger partial charge is 0.216 e. The van der Waals surface area contributed by atoms with E-state index in [0.29, 0.717) is 13.1 Å². The number of nitrogens with zero attached hydrogens (tertiary/aromatic N) is 1. The summed E-state index contributed by atoms with van der Waals surface area (Å²) in [4.78, 5) is 0. The summed E-state index contributed by atoms with van der Waals surface area (Å²) in [6, 6.07) is 0. The van der Waals surface area contributed by atoms with Gasteiger partial charge in [-0.2, -0.15) is 4.31 Å². The summed E-state index contributed by atoms with van der Waals surface area (Å²) in [5.41, 5.74) is 1.29. The first kappa shape index (κ1) is 14.6. The van der Waals surface area contributed by atoms with Gasteiger partial charge in [0.05, 0.1) is 5.25 Å². The van der Waals surface area contributed by atoms with Gasteiger partial charge >= 0.3 is 0 Å². The Hall–Kier alpha value is -0.350. The highest BCUT2D eigenvalue weighted by molar-refractivity contribution is 7.89. The average Bonchev–Trinajstić information content (AvgIpc) is 2.21. The molecule has 0 aromatic carbocycles. The molecule has 0 amide bonds. The molecular formula is C11H23NO2S. The van der Waals surface area contributed by atoms with Crippen LogP contribution in [-0.2, 0) is 10.0 Å². The molecule has 15 heavy (non-hydrogen) atoms. The van der Waals surface area contributed by atoms with Crippen LogP contribution in [0.15, 0.2) is 11.6 Å². The Kier molecular flexibility index (Phi) is 6.13. The molecule has 0 spiro atoms. The molecule has 90 valence electrons. The third kappa shape index (κ3) is 3.95. The van der Waals surface area contributed by atoms with E-state index in [1.54, 1.807) is 18.2 Å². The van der Waals surface area contributed by atoms with Crippen molar-refractivity contribution in [2.75, 3.05) is 13.1 Å². The third-order valence-electron chi connectivity index (χ3n) is 2.35. The van der Waals surface area contributed by atoms with Crippen LogP contribution in [0, 0.1) is 0 Å². The zero-order chi connectivity index (χ0) is 12.1. The topological polar surface area (TPSA) is 37.4 Å². The van der Waals surface area contributed by atoms with E-state index in [1.807, 2.05) is 26.8 Å². The highest BCUT2D eigenvalue weighted by atomic mass is 32.2. The first-order valence-electron chi connectivity index (χ1n) is 5.59. The molecule has 1 rings (SSSR count). The lowest BCUT2D eigenvalue weighted by atomic mass is 10.1. The molecular weight excluding hydrogens is 210 g/mol. The van der Waals surface area contributed by atoms with E-state index in [0.717, 1.165) is 6.42 Å². The first-order chi connectivity index (χ1) is 6.94. The smallest absolute Gasteiger partial charge is 0.212 e. The molecule has 0 aromatic heterocycles. The number of hydrogen-bond donors (Lipinski definition) is 0. The van der Waals surface area contributed by atoms with Crippen molar-refractivity contribution in [1.29, 1.82) is 0 Å². The van der Waals surface area contributed by atoms with Crippen LogP contribution in [0.25, 0.3) is 0 Å². The minimum Gasteiger partial charge on any atom is -0.212 e. The molecule has 0 fully saturated rings. The Morgan fingerprint density at radius 3 is 2.20 bits per heavy atom. The van der Waals surface area contributed by atoms with Crippen LogP contribution in [0.2, 0.25) is 0 Å². The maximum atomic E-state index is 11.7. The van der Waals surface area contributed by atoms with Crippen LogP contribution in [0.4, 0.5) is 0 Å². The number of hydrogen-bond acceptors (Lipinski definition) is 2. The summed E-state index contributed by atoms with van der Waals surface area (Å²) in [6.07, 6.45) is 2.86. The fraction of sp³-hybridized carbons (Fsp3) is 0.818. The van der Waals surface area contributed by atoms with Gasteiger partial charge in [-0.15, -0.1) is 0 Å². The van der Waals surface area contributed by atoms with Crippen molar-refractivity contribution < 1.29 is 8.42 Å². The first-order valence-corrected chi connectivity index (χ1v) is 7.09. The van der Waals surface area contributed by atoms with Crippen LogP contribution >= 0.6 is 0 Å². The van der Waals surface area contributed by atoms with Crippen LogP contribution in [-0.4, -0.2) is 31.1 Å². The Balaban J connectivity index is 0.000000921. The van der Waals surface area contributed by atoms with Crippen LogP contribution in [0.5, 0.6) is 0 Å². The van der Waals surface area contributed by atoms with E-state index < -0.39 is 10.0 Å². The molecule has 0 bridgehead atoms. The third-order valence-corrected chi connectivity index (χ3v) is 4.60. The second-order valence-electron chi connectivity index (χ2n) is 3.75. The van der Waals surface area contributed by atoms with Crippen molar-refractivity contribution in [1.82, 2.24) is 4.31 Å². The number of rotatable bonds is 2. The molecule has 3 nitrogen and oxygen atoms in total. The van der Waals surface area contributed by atoms with Gasteiger partial charge < -0.3 is 0 Å². The van der Waals surface area contributed by atoms with E-state index in [1.165, 1.54) is 5.57 Å². The molecule has 0 unspecified atom stereocenters. The van der Waals surface area contributed by atoms with E-state index in [4.69, 9.17) is 0 Å². The zero-order valence-electron chi connectivity index (χ0n) is 10.4. The quantitative estimate of drug-likeness (QED) is 0.687. The number of sulfonamides is 1. The molecule has 0 aliphatic carbocycles. The van der Waals surface area contributed by atoms with E-state index in [9.17, 15) is 8.42 Å². The highest BCUT2D eigenvalue weighted by Gasteiger charge is 2.25. The van der Waals surface area contributed by atoms with Crippen molar-refractivity contribution in [3.05, 3.63) is 11.6 Å². The Bertz CT molecular complexity index is 305. The van der Waals surface area contributed by atoms with Gasteiger partial charge in [0, 0.05) is 13.1 Å². The minimum absolute atomic E-state index is 0.306. The molecule has 0 atom stereocenters. The van der Waals surface area contributed by atoms with Crippen molar-refractivity contribution in [3.63, 3.8) is 0 Å². The molecule has 0 saturated heterocycles. The molecule has 4 heteroatoms. The lowest BCUT2D eigenvalue weighted by molar-refractivity contribution is 0.426. The van der Waals surface area contributed by atoms with Crippen molar-refractivity contribution in [2.45, 2.75) is 46.3 Å². The summed E-state index contributed by atoms with van der Waals surface area (Å²) in [5, 5.41) is -0.306. The van der Waals surface area contributed by atoms with Gasteiger partial charge in [-0.3, -0.25) is 0 Å². The zero-order valence-corrected chi connectivity index (χ0v) is 11.3. The SMILES string of the molecule is CC.CC1=CCN(S(=O)(=O)C(C)C)CC1. The predicted octanol–water partition coefficient (Wildman–Crippen LogP) is 2.40. The molecule has 0 N–H and O–H groups in total. The van der Waals surface area contributed by atoms with Gasteiger partial charge in [-0.25, -0.2) is 8.42 Å². The summed E-state index contributed by atoms with van der Waals surface area (Å²) in [7, 11) is -3.03. The summed E-state index contributed by atoms with van der Waals surface area (Å²) < 4.78 is 24.9. The van der Waals surface area contributed by atoms with Crippen molar-refractivity contribution >= 4 is 10.0 Å². The summed E-state index contributed by atoms with van der Waals surface area (Å²) in [5.74, 6) is 0. The van der Waals surface area contributed by atoms with Gasteiger partial charge in [0.1, 0.15) is 0 Å². The van der Waals surface area contributed by atoms with Crippen LogP contribution in [0.1, 0.15) is 41.0 Å². The Labute approximate surface area is 94.2 Å². The predicted molar refractivity (Wildman–Crippen MR) is 65.4 cm³/mol. The molecule has 1 aliphatic heterocycles. The van der Waals surface area contributed by atoms with Crippen LogP contribution < -0.4 is 0 Å². The van der Waals surface area contributed by atoms with Crippen LogP contribution in [0.3, 0.4) is 0 Å². The second-order valence-corrected chi connectivity index (χ2v) is 6.24.